The quantitative estimate of drug-likeness (QED) is 0.429. The van der Waals surface area contributed by atoms with Crippen molar-refractivity contribution >= 4 is 5.78 Å². The van der Waals surface area contributed by atoms with Gasteiger partial charge in [-0.05, 0) is 19.9 Å². The molecule has 0 unspecified atom stereocenters. The van der Waals surface area contributed by atoms with E-state index < -0.39 is 0 Å². The van der Waals surface area contributed by atoms with Crippen molar-refractivity contribution in [3.05, 3.63) is 36.5 Å². The van der Waals surface area contributed by atoms with E-state index in [-0.39, 0.29) is 5.78 Å². The minimum Gasteiger partial charge on any atom is -0.295 e. The van der Waals surface area contributed by atoms with Gasteiger partial charge >= 0.3 is 0 Å². The Hall–Kier alpha value is -1.11. The lowest BCUT2D eigenvalue weighted by Crippen LogP contribution is -1.77. The molecule has 0 atom stereocenters. The number of carbonyl (C=O) groups excluding carboxylic acids is 1. The zero-order chi connectivity index (χ0) is 7.82. The smallest absolute Gasteiger partial charge is 0.152 e. The molecule has 0 N–H and O–H groups in total. The Kier molecular flexibility index (Phi) is 5.35. The van der Waals surface area contributed by atoms with E-state index in [1.54, 1.807) is 6.08 Å². The van der Waals surface area contributed by atoms with E-state index >= 15 is 0 Å². The molecule has 0 aromatic rings. The molecule has 0 aliphatic heterocycles. The van der Waals surface area contributed by atoms with E-state index in [4.69, 9.17) is 0 Å². The highest BCUT2D eigenvalue weighted by Crippen LogP contribution is 1.80. The van der Waals surface area contributed by atoms with E-state index in [1.165, 1.54) is 13.0 Å². The normalized spacial score (nSPS) is 12.2. The van der Waals surface area contributed by atoms with Crippen LogP contribution in [0.1, 0.15) is 13.8 Å². The summed E-state index contributed by atoms with van der Waals surface area (Å²) in [6, 6.07) is 0. The van der Waals surface area contributed by atoms with E-state index in [0.29, 0.717) is 0 Å². The molecular formula is C9H12O. The van der Waals surface area contributed by atoms with Gasteiger partial charge in [-0.3, -0.25) is 4.79 Å². The Labute approximate surface area is 61.8 Å². The molecule has 0 heterocycles. The summed E-state index contributed by atoms with van der Waals surface area (Å²) in [7, 11) is 0. The summed E-state index contributed by atoms with van der Waals surface area (Å²) >= 11 is 0. The molecule has 0 radical (unpaired) electrons. The van der Waals surface area contributed by atoms with Crippen LogP contribution in [0, 0.1) is 0 Å². The van der Waals surface area contributed by atoms with Gasteiger partial charge < -0.3 is 0 Å². The Morgan fingerprint density at radius 1 is 1.10 bits per heavy atom. The molecule has 0 spiro atoms. The zero-order valence-electron chi connectivity index (χ0n) is 6.37. The van der Waals surface area contributed by atoms with Crippen LogP contribution in [0.5, 0.6) is 0 Å². The summed E-state index contributed by atoms with van der Waals surface area (Å²) in [6.07, 6.45) is 10.8. The van der Waals surface area contributed by atoms with Crippen molar-refractivity contribution in [2.24, 2.45) is 0 Å². The van der Waals surface area contributed by atoms with Crippen LogP contribution in [-0.4, -0.2) is 5.78 Å². The van der Waals surface area contributed by atoms with Gasteiger partial charge in [-0.1, -0.05) is 30.4 Å². The SMILES string of the molecule is C/C=C/C=C/C=C/C(C)=O. The third-order valence-electron chi connectivity index (χ3n) is 0.857. The highest BCUT2D eigenvalue weighted by Gasteiger charge is 1.75. The lowest BCUT2D eigenvalue weighted by molar-refractivity contribution is -0.112. The molecule has 0 aromatic carbocycles. The van der Waals surface area contributed by atoms with Crippen LogP contribution < -0.4 is 0 Å². The third-order valence-corrected chi connectivity index (χ3v) is 0.857. The first-order chi connectivity index (χ1) is 4.77. The number of allylic oxidation sites excluding steroid dienone is 6. The molecule has 0 amide bonds. The van der Waals surface area contributed by atoms with Crippen molar-refractivity contribution in [1.29, 1.82) is 0 Å². The van der Waals surface area contributed by atoms with Crippen molar-refractivity contribution in [2.75, 3.05) is 0 Å². The lowest BCUT2D eigenvalue weighted by Gasteiger charge is -1.73. The van der Waals surface area contributed by atoms with Gasteiger partial charge in [-0.2, -0.15) is 0 Å². The Bertz CT molecular complexity index is 173. The second kappa shape index (κ2) is 6.02. The van der Waals surface area contributed by atoms with Gasteiger partial charge in [0, 0.05) is 0 Å². The van der Waals surface area contributed by atoms with Crippen LogP contribution >= 0.6 is 0 Å². The number of carbonyl (C=O) groups is 1. The maximum absolute atomic E-state index is 10.3. The van der Waals surface area contributed by atoms with E-state index in [0.717, 1.165) is 0 Å². The molecule has 1 heteroatoms. The van der Waals surface area contributed by atoms with Crippen LogP contribution in [-0.2, 0) is 4.79 Å². The summed E-state index contributed by atoms with van der Waals surface area (Å²) in [5, 5.41) is 0. The van der Waals surface area contributed by atoms with Crippen LogP contribution in [0.25, 0.3) is 0 Å². The lowest BCUT2D eigenvalue weighted by atomic mass is 10.3. The van der Waals surface area contributed by atoms with Crippen LogP contribution in [0.2, 0.25) is 0 Å². The summed E-state index contributed by atoms with van der Waals surface area (Å²) in [6.45, 7) is 3.47. The van der Waals surface area contributed by atoms with Gasteiger partial charge in [0.2, 0.25) is 0 Å². The summed E-state index contributed by atoms with van der Waals surface area (Å²) in [5.41, 5.74) is 0. The molecule has 10 heavy (non-hydrogen) atoms. The molecule has 54 valence electrons. The predicted molar refractivity (Wildman–Crippen MR) is 43.8 cm³/mol. The minimum absolute atomic E-state index is 0.0742. The van der Waals surface area contributed by atoms with Gasteiger partial charge in [0.1, 0.15) is 0 Å². The number of hydrogen-bond donors (Lipinski definition) is 0. The van der Waals surface area contributed by atoms with Gasteiger partial charge in [-0.15, -0.1) is 0 Å². The fourth-order valence-corrected chi connectivity index (χ4v) is 0.430. The molecule has 0 saturated carbocycles. The fraction of sp³-hybridized carbons (Fsp3) is 0.222. The molecule has 1 nitrogen and oxygen atoms in total. The fourth-order valence-electron chi connectivity index (χ4n) is 0.430. The van der Waals surface area contributed by atoms with Crippen molar-refractivity contribution in [3.63, 3.8) is 0 Å². The van der Waals surface area contributed by atoms with Crippen molar-refractivity contribution in [1.82, 2.24) is 0 Å². The van der Waals surface area contributed by atoms with E-state index in [2.05, 4.69) is 0 Å². The number of hydrogen-bond acceptors (Lipinski definition) is 1. The summed E-state index contributed by atoms with van der Waals surface area (Å²) < 4.78 is 0. The van der Waals surface area contributed by atoms with Gasteiger partial charge in [0.15, 0.2) is 5.78 Å². The molecule has 0 rings (SSSR count). The van der Waals surface area contributed by atoms with E-state index in [1.807, 2.05) is 31.2 Å². The van der Waals surface area contributed by atoms with Crippen LogP contribution in [0.4, 0.5) is 0 Å². The highest BCUT2D eigenvalue weighted by molar-refractivity contribution is 5.87. The molecule has 0 aliphatic carbocycles. The maximum atomic E-state index is 10.3. The average molecular weight is 136 g/mol. The van der Waals surface area contributed by atoms with Crippen molar-refractivity contribution in [2.45, 2.75) is 13.8 Å². The largest absolute Gasteiger partial charge is 0.295 e. The van der Waals surface area contributed by atoms with Gasteiger partial charge in [-0.25, -0.2) is 0 Å². The first-order valence-corrected chi connectivity index (χ1v) is 3.24. The number of ketones is 1. The van der Waals surface area contributed by atoms with Gasteiger partial charge in [0.05, 0.1) is 0 Å². The van der Waals surface area contributed by atoms with Crippen molar-refractivity contribution in [3.8, 4) is 0 Å². The van der Waals surface area contributed by atoms with Crippen LogP contribution in [0.15, 0.2) is 36.5 Å². The van der Waals surface area contributed by atoms with Crippen LogP contribution in [0.3, 0.4) is 0 Å². The molecule has 0 aliphatic rings. The third kappa shape index (κ3) is 6.89. The Morgan fingerprint density at radius 3 is 2.20 bits per heavy atom. The monoisotopic (exact) mass is 136 g/mol. The van der Waals surface area contributed by atoms with Crippen molar-refractivity contribution < 1.29 is 4.79 Å². The first kappa shape index (κ1) is 8.89. The Balaban J connectivity index is 3.62. The second-order valence-corrected chi connectivity index (χ2v) is 1.88. The number of rotatable bonds is 3. The maximum Gasteiger partial charge on any atom is 0.152 e. The molecule has 0 bridgehead atoms. The summed E-state index contributed by atoms with van der Waals surface area (Å²) in [4.78, 5) is 10.3. The minimum atomic E-state index is 0.0742. The molecule has 0 aromatic heterocycles. The molecule has 0 fully saturated rings. The highest BCUT2D eigenvalue weighted by atomic mass is 16.1. The molecule has 0 saturated heterocycles. The predicted octanol–water partition coefficient (Wildman–Crippen LogP) is 2.26. The van der Waals surface area contributed by atoms with Gasteiger partial charge in [0.25, 0.3) is 0 Å². The Morgan fingerprint density at radius 2 is 1.70 bits per heavy atom. The second-order valence-electron chi connectivity index (χ2n) is 1.88. The first-order valence-electron chi connectivity index (χ1n) is 3.24. The summed E-state index contributed by atoms with van der Waals surface area (Å²) in [5.74, 6) is 0.0742. The standard InChI is InChI=1S/C9H12O/c1-3-4-5-6-7-8-9(2)10/h3-8H,1-2H3/b4-3+,6-5+,8-7+. The van der Waals surface area contributed by atoms with E-state index in [9.17, 15) is 4.79 Å². The topological polar surface area (TPSA) is 17.1 Å². The molecular weight excluding hydrogens is 124 g/mol. The zero-order valence-corrected chi connectivity index (χ0v) is 6.37. The average Bonchev–Trinajstić information content (AvgIpc) is 1.87.